The smallest absolute Gasteiger partial charge is 0.253 e. The summed E-state index contributed by atoms with van der Waals surface area (Å²) in [5.74, 6) is 0.507. The van der Waals surface area contributed by atoms with Gasteiger partial charge in [-0.2, -0.15) is 0 Å². The molecule has 0 saturated heterocycles. The summed E-state index contributed by atoms with van der Waals surface area (Å²) in [7, 11) is 4.80. The summed E-state index contributed by atoms with van der Waals surface area (Å²) in [5, 5.41) is 5.57. The Kier molecular flexibility index (Phi) is 5.38. The first-order chi connectivity index (χ1) is 8.21. The summed E-state index contributed by atoms with van der Waals surface area (Å²) in [4.78, 5) is 15.7. The maximum atomic E-state index is 11.7. The molecule has 0 bridgehead atoms. The third kappa shape index (κ3) is 4.01. The van der Waals surface area contributed by atoms with Crippen LogP contribution in [0.1, 0.15) is 10.4 Å². The van der Waals surface area contributed by atoms with Crippen LogP contribution in [0.4, 0.5) is 5.82 Å². The SMILES string of the molecule is CNc1ccc(C(=O)NCC(OC)OC)cn1. The van der Waals surface area contributed by atoms with Crippen LogP contribution >= 0.6 is 0 Å². The molecule has 1 aromatic rings. The molecular formula is C11H17N3O3. The van der Waals surface area contributed by atoms with Crippen molar-refractivity contribution in [1.82, 2.24) is 10.3 Å². The number of amides is 1. The summed E-state index contributed by atoms with van der Waals surface area (Å²) in [6.45, 7) is 0.291. The number of pyridine rings is 1. The number of rotatable bonds is 6. The Balaban J connectivity index is 2.51. The highest BCUT2D eigenvalue weighted by Crippen LogP contribution is 2.03. The van der Waals surface area contributed by atoms with Crippen LogP contribution in [0.2, 0.25) is 0 Å². The molecule has 0 saturated carbocycles. The van der Waals surface area contributed by atoms with Gasteiger partial charge in [0.1, 0.15) is 5.82 Å². The van der Waals surface area contributed by atoms with Gasteiger partial charge in [-0.05, 0) is 12.1 Å². The molecule has 0 aromatic carbocycles. The first kappa shape index (κ1) is 13.4. The van der Waals surface area contributed by atoms with E-state index in [0.29, 0.717) is 17.9 Å². The van der Waals surface area contributed by atoms with E-state index in [4.69, 9.17) is 9.47 Å². The van der Waals surface area contributed by atoms with Gasteiger partial charge in [0.15, 0.2) is 6.29 Å². The number of methoxy groups -OCH3 is 2. The fourth-order valence-corrected chi connectivity index (χ4v) is 1.22. The lowest BCUT2D eigenvalue weighted by Crippen LogP contribution is -2.34. The van der Waals surface area contributed by atoms with Crippen molar-refractivity contribution >= 4 is 11.7 Å². The molecule has 0 fully saturated rings. The van der Waals surface area contributed by atoms with Gasteiger partial charge in [-0.1, -0.05) is 0 Å². The lowest BCUT2D eigenvalue weighted by molar-refractivity contribution is -0.0974. The molecule has 1 amide bonds. The van der Waals surface area contributed by atoms with Gasteiger partial charge in [-0.3, -0.25) is 4.79 Å². The van der Waals surface area contributed by atoms with E-state index in [1.54, 1.807) is 19.2 Å². The van der Waals surface area contributed by atoms with Gasteiger partial charge >= 0.3 is 0 Å². The molecule has 0 radical (unpaired) electrons. The first-order valence-electron chi connectivity index (χ1n) is 5.18. The molecule has 0 aliphatic heterocycles. The molecule has 1 aromatic heterocycles. The Hall–Kier alpha value is -1.66. The van der Waals surface area contributed by atoms with Crippen molar-refractivity contribution < 1.29 is 14.3 Å². The normalized spacial score (nSPS) is 10.4. The second-order valence-electron chi connectivity index (χ2n) is 3.29. The van der Waals surface area contributed by atoms with Gasteiger partial charge in [0.25, 0.3) is 5.91 Å². The van der Waals surface area contributed by atoms with Crippen LogP contribution in [0.5, 0.6) is 0 Å². The molecule has 1 rings (SSSR count). The number of anilines is 1. The van der Waals surface area contributed by atoms with Crippen molar-refractivity contribution in [1.29, 1.82) is 0 Å². The molecule has 6 nitrogen and oxygen atoms in total. The van der Waals surface area contributed by atoms with E-state index in [1.165, 1.54) is 20.4 Å². The fourth-order valence-electron chi connectivity index (χ4n) is 1.22. The van der Waals surface area contributed by atoms with E-state index < -0.39 is 6.29 Å². The Labute approximate surface area is 100 Å². The molecule has 0 atom stereocenters. The van der Waals surface area contributed by atoms with Crippen molar-refractivity contribution in [2.24, 2.45) is 0 Å². The minimum absolute atomic E-state index is 0.209. The first-order valence-corrected chi connectivity index (χ1v) is 5.18. The molecule has 0 aliphatic rings. The Bertz CT molecular complexity index is 349. The molecule has 0 unspecified atom stereocenters. The summed E-state index contributed by atoms with van der Waals surface area (Å²) < 4.78 is 9.92. The van der Waals surface area contributed by atoms with Gasteiger partial charge in [-0.25, -0.2) is 4.98 Å². The average molecular weight is 239 g/mol. The molecule has 0 spiro atoms. The second kappa shape index (κ2) is 6.82. The van der Waals surface area contributed by atoms with Crippen molar-refractivity contribution in [2.75, 3.05) is 33.1 Å². The molecule has 2 N–H and O–H groups in total. The number of hydrogen-bond acceptors (Lipinski definition) is 5. The monoisotopic (exact) mass is 239 g/mol. The highest BCUT2D eigenvalue weighted by Gasteiger charge is 2.09. The number of nitrogens with zero attached hydrogens (tertiary/aromatic N) is 1. The van der Waals surface area contributed by atoms with Gasteiger partial charge in [0.2, 0.25) is 0 Å². The Morgan fingerprint density at radius 3 is 2.59 bits per heavy atom. The van der Waals surface area contributed by atoms with Crippen LogP contribution in [-0.2, 0) is 9.47 Å². The molecular weight excluding hydrogens is 222 g/mol. The van der Waals surface area contributed by atoms with Crippen LogP contribution in [0.3, 0.4) is 0 Å². The summed E-state index contributed by atoms with van der Waals surface area (Å²) in [6.07, 6.45) is 1.07. The minimum Gasteiger partial charge on any atom is -0.373 e. The summed E-state index contributed by atoms with van der Waals surface area (Å²) in [6, 6.07) is 3.43. The predicted octanol–water partition coefficient (Wildman–Crippen LogP) is 0.472. The zero-order valence-corrected chi connectivity index (χ0v) is 10.2. The van der Waals surface area contributed by atoms with Crippen LogP contribution in [0.15, 0.2) is 18.3 Å². The van der Waals surface area contributed by atoms with Crippen molar-refractivity contribution in [3.63, 3.8) is 0 Å². The van der Waals surface area contributed by atoms with Crippen molar-refractivity contribution in [2.45, 2.75) is 6.29 Å². The van der Waals surface area contributed by atoms with E-state index in [9.17, 15) is 4.79 Å². The fraction of sp³-hybridized carbons (Fsp3) is 0.455. The zero-order valence-electron chi connectivity index (χ0n) is 10.2. The topological polar surface area (TPSA) is 72.5 Å². The van der Waals surface area contributed by atoms with E-state index in [1.807, 2.05) is 0 Å². The number of aromatic nitrogens is 1. The van der Waals surface area contributed by atoms with E-state index in [-0.39, 0.29) is 5.91 Å². The molecule has 1 heterocycles. The van der Waals surface area contributed by atoms with E-state index in [0.717, 1.165) is 0 Å². The number of nitrogens with one attached hydrogen (secondary N) is 2. The number of carbonyl (C=O) groups is 1. The third-order valence-corrected chi connectivity index (χ3v) is 2.24. The summed E-state index contributed by atoms with van der Waals surface area (Å²) in [5.41, 5.74) is 0.495. The second-order valence-corrected chi connectivity index (χ2v) is 3.29. The van der Waals surface area contributed by atoms with Crippen LogP contribution in [-0.4, -0.2) is 45.0 Å². The quantitative estimate of drug-likeness (QED) is 0.706. The molecule has 6 heteroatoms. The highest BCUT2D eigenvalue weighted by atomic mass is 16.7. The predicted molar refractivity (Wildman–Crippen MR) is 63.9 cm³/mol. The van der Waals surface area contributed by atoms with Crippen molar-refractivity contribution in [3.8, 4) is 0 Å². The molecule has 17 heavy (non-hydrogen) atoms. The van der Waals surface area contributed by atoms with Gasteiger partial charge in [-0.15, -0.1) is 0 Å². The standard InChI is InChI=1S/C11H17N3O3/c1-12-9-5-4-8(6-13-9)11(15)14-7-10(16-2)17-3/h4-6,10H,7H2,1-3H3,(H,12,13)(H,14,15). The van der Waals surface area contributed by atoms with Gasteiger partial charge in [0, 0.05) is 27.5 Å². The van der Waals surface area contributed by atoms with Gasteiger partial charge in [0.05, 0.1) is 12.1 Å². The average Bonchev–Trinajstić information content (AvgIpc) is 2.39. The van der Waals surface area contributed by atoms with Crippen LogP contribution in [0, 0.1) is 0 Å². The zero-order chi connectivity index (χ0) is 12.7. The minimum atomic E-state index is -0.441. The molecule has 0 aliphatic carbocycles. The van der Waals surface area contributed by atoms with Crippen molar-refractivity contribution in [3.05, 3.63) is 23.9 Å². The van der Waals surface area contributed by atoms with Gasteiger partial charge < -0.3 is 20.1 Å². The lowest BCUT2D eigenvalue weighted by atomic mass is 10.2. The Morgan fingerprint density at radius 2 is 2.12 bits per heavy atom. The Morgan fingerprint density at radius 1 is 1.41 bits per heavy atom. The summed E-state index contributed by atoms with van der Waals surface area (Å²) >= 11 is 0. The highest BCUT2D eigenvalue weighted by molar-refractivity contribution is 5.94. The van der Waals surface area contributed by atoms with Crippen LogP contribution in [0.25, 0.3) is 0 Å². The third-order valence-electron chi connectivity index (χ3n) is 2.24. The largest absolute Gasteiger partial charge is 0.373 e. The maximum Gasteiger partial charge on any atom is 0.253 e. The maximum absolute atomic E-state index is 11.7. The number of carbonyl (C=O) groups excluding carboxylic acids is 1. The van der Waals surface area contributed by atoms with Crippen LogP contribution < -0.4 is 10.6 Å². The number of hydrogen-bond donors (Lipinski definition) is 2. The van der Waals surface area contributed by atoms with E-state index in [2.05, 4.69) is 15.6 Å². The number of ether oxygens (including phenoxy) is 2. The lowest BCUT2D eigenvalue weighted by Gasteiger charge is -2.13. The molecule has 94 valence electrons. The van der Waals surface area contributed by atoms with E-state index >= 15 is 0 Å².